The average Bonchev–Trinajstić information content (AvgIpc) is 1.78. The molecule has 0 saturated carbocycles. The Labute approximate surface area is 54.8 Å². The van der Waals surface area contributed by atoms with E-state index in [-0.39, 0.29) is 0 Å². The number of piperidine rings is 1. The van der Waals surface area contributed by atoms with E-state index in [0.717, 1.165) is 13.1 Å². The van der Waals surface area contributed by atoms with E-state index in [1.807, 2.05) is 7.05 Å². The molecule has 0 amide bonds. The molecule has 0 aromatic rings. The van der Waals surface area contributed by atoms with Crippen molar-refractivity contribution in [2.75, 3.05) is 20.1 Å². The highest BCUT2D eigenvalue weighted by molar-refractivity contribution is 4.78. The third-order valence-electron chi connectivity index (χ3n) is 1.82. The molecule has 0 bridgehead atoms. The lowest BCUT2D eigenvalue weighted by Gasteiger charge is -2.31. The molecule has 0 atom stereocenters. The third kappa shape index (κ3) is 1.91. The lowest BCUT2D eigenvalue weighted by molar-refractivity contribution is 0.0757. The Morgan fingerprint density at radius 3 is 2.22 bits per heavy atom. The first kappa shape index (κ1) is 6.96. The second kappa shape index (κ2) is 2.23. The largest absolute Gasteiger partial charge is 0.306 e. The van der Waals surface area contributed by atoms with E-state index in [0.29, 0.717) is 12.8 Å². The quantitative estimate of drug-likeness (QED) is 0.481. The van der Waals surface area contributed by atoms with Gasteiger partial charge in [0.1, 0.15) is 0 Å². The number of hydrogen-bond donors (Lipinski definition) is 1. The van der Waals surface area contributed by atoms with Crippen LogP contribution in [-0.2, 0) is 0 Å². The zero-order chi connectivity index (χ0) is 6.91. The minimum Gasteiger partial charge on any atom is -0.306 e. The molecule has 3 heteroatoms. The van der Waals surface area contributed by atoms with Crippen LogP contribution >= 0.6 is 0 Å². The maximum absolute atomic E-state index is 12.8. The molecule has 0 aliphatic carbocycles. The summed E-state index contributed by atoms with van der Waals surface area (Å²) in [6.45, 7) is 1.57. The summed E-state index contributed by atoms with van der Waals surface area (Å²) in [5.41, 5.74) is 5.25. The van der Waals surface area contributed by atoms with E-state index in [4.69, 9.17) is 5.73 Å². The number of nitrogens with zero attached hydrogens (tertiary/aromatic N) is 1. The normalized spacial score (nSPS) is 28.3. The van der Waals surface area contributed by atoms with Gasteiger partial charge in [-0.25, -0.2) is 4.39 Å². The Morgan fingerprint density at radius 1 is 1.44 bits per heavy atom. The van der Waals surface area contributed by atoms with Gasteiger partial charge in [0.15, 0.2) is 5.79 Å². The Morgan fingerprint density at radius 2 is 1.89 bits per heavy atom. The SMILES string of the molecule is CN1CCC(N)(F)CC1. The van der Waals surface area contributed by atoms with Gasteiger partial charge >= 0.3 is 0 Å². The Balaban J connectivity index is 2.35. The van der Waals surface area contributed by atoms with Gasteiger partial charge in [-0.05, 0) is 7.05 Å². The maximum Gasteiger partial charge on any atom is 0.161 e. The van der Waals surface area contributed by atoms with Crippen molar-refractivity contribution in [1.29, 1.82) is 0 Å². The lowest BCUT2D eigenvalue weighted by atomic mass is 10.0. The minimum atomic E-state index is -1.38. The molecule has 54 valence electrons. The van der Waals surface area contributed by atoms with E-state index < -0.39 is 5.79 Å². The summed E-state index contributed by atoms with van der Waals surface area (Å²) < 4.78 is 12.8. The number of likely N-dealkylation sites (tertiary alicyclic amines) is 1. The van der Waals surface area contributed by atoms with E-state index in [1.54, 1.807) is 0 Å². The van der Waals surface area contributed by atoms with Crippen molar-refractivity contribution < 1.29 is 4.39 Å². The van der Waals surface area contributed by atoms with Gasteiger partial charge in [-0.2, -0.15) is 0 Å². The Hall–Kier alpha value is -0.150. The summed E-state index contributed by atoms with van der Waals surface area (Å²) in [5.74, 6) is -1.38. The fourth-order valence-corrected chi connectivity index (χ4v) is 0.990. The number of nitrogens with two attached hydrogens (primary N) is 1. The number of hydrogen-bond acceptors (Lipinski definition) is 2. The van der Waals surface area contributed by atoms with E-state index in [1.165, 1.54) is 0 Å². The standard InChI is InChI=1S/C6H13FN2/c1-9-4-2-6(7,8)3-5-9/h2-5,8H2,1H3. The van der Waals surface area contributed by atoms with Crippen LogP contribution in [0.5, 0.6) is 0 Å². The highest BCUT2D eigenvalue weighted by atomic mass is 19.1. The van der Waals surface area contributed by atoms with Crippen molar-refractivity contribution in [1.82, 2.24) is 4.90 Å². The van der Waals surface area contributed by atoms with Crippen molar-refractivity contribution in [3.63, 3.8) is 0 Å². The highest BCUT2D eigenvalue weighted by Crippen LogP contribution is 2.18. The molecular weight excluding hydrogens is 119 g/mol. The summed E-state index contributed by atoms with van der Waals surface area (Å²) in [6, 6.07) is 0. The van der Waals surface area contributed by atoms with Crippen LogP contribution in [0.1, 0.15) is 12.8 Å². The van der Waals surface area contributed by atoms with Crippen LogP contribution in [0.4, 0.5) is 4.39 Å². The van der Waals surface area contributed by atoms with Crippen LogP contribution in [-0.4, -0.2) is 30.8 Å². The molecule has 1 heterocycles. The van der Waals surface area contributed by atoms with E-state index in [9.17, 15) is 4.39 Å². The number of halogens is 1. The Kier molecular flexibility index (Phi) is 1.73. The van der Waals surface area contributed by atoms with Gasteiger partial charge in [-0.15, -0.1) is 0 Å². The van der Waals surface area contributed by atoms with Gasteiger partial charge in [0.2, 0.25) is 0 Å². The zero-order valence-corrected chi connectivity index (χ0v) is 5.73. The van der Waals surface area contributed by atoms with Crippen LogP contribution in [0.25, 0.3) is 0 Å². The van der Waals surface area contributed by atoms with Crippen LogP contribution in [0, 0.1) is 0 Å². The van der Waals surface area contributed by atoms with Gasteiger partial charge in [0, 0.05) is 25.9 Å². The molecule has 0 spiro atoms. The molecule has 9 heavy (non-hydrogen) atoms. The second-order valence-corrected chi connectivity index (χ2v) is 2.84. The molecule has 2 N–H and O–H groups in total. The third-order valence-corrected chi connectivity index (χ3v) is 1.82. The smallest absolute Gasteiger partial charge is 0.161 e. The average molecular weight is 132 g/mol. The van der Waals surface area contributed by atoms with Gasteiger partial charge in [0.05, 0.1) is 0 Å². The molecule has 1 aliphatic heterocycles. The lowest BCUT2D eigenvalue weighted by Crippen LogP contribution is -2.45. The van der Waals surface area contributed by atoms with Crippen LogP contribution < -0.4 is 5.73 Å². The molecular formula is C6H13FN2. The van der Waals surface area contributed by atoms with Gasteiger partial charge in [-0.3, -0.25) is 5.73 Å². The predicted molar refractivity (Wildman–Crippen MR) is 34.8 cm³/mol. The van der Waals surface area contributed by atoms with Gasteiger partial charge in [0.25, 0.3) is 0 Å². The van der Waals surface area contributed by atoms with Crippen molar-refractivity contribution in [2.24, 2.45) is 5.73 Å². The van der Waals surface area contributed by atoms with Crippen molar-refractivity contribution in [2.45, 2.75) is 18.6 Å². The molecule has 1 rings (SSSR count). The number of alkyl halides is 1. The molecule has 2 nitrogen and oxygen atoms in total. The van der Waals surface area contributed by atoms with Gasteiger partial charge in [-0.1, -0.05) is 0 Å². The van der Waals surface area contributed by atoms with Crippen LogP contribution in [0.3, 0.4) is 0 Å². The van der Waals surface area contributed by atoms with E-state index in [2.05, 4.69) is 4.90 Å². The van der Waals surface area contributed by atoms with Crippen molar-refractivity contribution in [3.05, 3.63) is 0 Å². The van der Waals surface area contributed by atoms with E-state index >= 15 is 0 Å². The molecule has 0 aromatic heterocycles. The monoisotopic (exact) mass is 132 g/mol. The fraction of sp³-hybridized carbons (Fsp3) is 1.00. The summed E-state index contributed by atoms with van der Waals surface area (Å²) in [6.07, 6.45) is 0.951. The summed E-state index contributed by atoms with van der Waals surface area (Å²) in [5, 5.41) is 0. The topological polar surface area (TPSA) is 29.3 Å². The summed E-state index contributed by atoms with van der Waals surface area (Å²) in [4.78, 5) is 2.09. The summed E-state index contributed by atoms with van der Waals surface area (Å²) in [7, 11) is 1.98. The first-order valence-electron chi connectivity index (χ1n) is 3.26. The van der Waals surface area contributed by atoms with Crippen molar-refractivity contribution in [3.8, 4) is 0 Å². The van der Waals surface area contributed by atoms with Crippen LogP contribution in [0.2, 0.25) is 0 Å². The molecule has 1 aliphatic rings. The predicted octanol–water partition coefficient (Wildman–Crippen LogP) is 0.336. The minimum absolute atomic E-state index is 0.476. The molecule has 1 fully saturated rings. The van der Waals surface area contributed by atoms with Crippen LogP contribution in [0.15, 0.2) is 0 Å². The van der Waals surface area contributed by atoms with Crippen molar-refractivity contribution >= 4 is 0 Å². The molecule has 0 unspecified atom stereocenters. The molecule has 0 radical (unpaired) electrons. The second-order valence-electron chi connectivity index (χ2n) is 2.84. The number of rotatable bonds is 0. The van der Waals surface area contributed by atoms with Gasteiger partial charge < -0.3 is 4.90 Å². The maximum atomic E-state index is 12.8. The zero-order valence-electron chi connectivity index (χ0n) is 5.73. The molecule has 0 aromatic carbocycles. The first-order chi connectivity index (χ1) is 4.10. The first-order valence-corrected chi connectivity index (χ1v) is 3.26. The highest BCUT2D eigenvalue weighted by Gasteiger charge is 2.28. The fourth-order valence-electron chi connectivity index (χ4n) is 0.990. The Bertz CT molecular complexity index is 93.2. The molecule has 1 saturated heterocycles. The summed E-state index contributed by atoms with van der Waals surface area (Å²) >= 11 is 0.